The molecule has 0 radical (unpaired) electrons. The fourth-order valence-corrected chi connectivity index (χ4v) is 2.85. The fourth-order valence-electron chi connectivity index (χ4n) is 2.52. The van der Waals surface area contributed by atoms with Crippen LogP contribution in [0.25, 0.3) is 0 Å². The zero-order valence-corrected chi connectivity index (χ0v) is 13.3. The molecule has 6 nitrogen and oxygen atoms in total. The molecular weight excluding hydrogens is 308 g/mol. The molecule has 1 aliphatic rings. The highest BCUT2D eigenvalue weighted by Crippen LogP contribution is 2.17. The maximum atomic E-state index is 9.50. The molecule has 1 saturated heterocycles. The summed E-state index contributed by atoms with van der Waals surface area (Å²) in [7, 11) is 0. The Hall–Kier alpha value is -2.72. The Morgan fingerprint density at radius 3 is 2.78 bits per heavy atom. The van der Waals surface area contributed by atoms with Crippen LogP contribution in [0, 0.1) is 11.3 Å². The van der Waals surface area contributed by atoms with E-state index in [-0.39, 0.29) is 6.04 Å². The van der Waals surface area contributed by atoms with Gasteiger partial charge in [-0.1, -0.05) is 18.2 Å². The van der Waals surface area contributed by atoms with Crippen LogP contribution in [0.1, 0.15) is 0 Å². The van der Waals surface area contributed by atoms with Gasteiger partial charge in [-0.25, -0.2) is 4.98 Å². The lowest BCUT2D eigenvalue weighted by Crippen LogP contribution is -2.56. The molecule has 2 aromatic rings. The number of benzene rings is 1. The normalized spacial score (nSPS) is 17.4. The molecule has 23 heavy (non-hydrogen) atoms. The van der Waals surface area contributed by atoms with Crippen molar-refractivity contribution in [2.75, 3.05) is 29.9 Å². The van der Waals surface area contributed by atoms with Crippen molar-refractivity contribution in [1.29, 1.82) is 5.26 Å². The zero-order valence-electron chi connectivity index (χ0n) is 12.5. The topological polar surface area (TPSA) is 68.1 Å². The third-order valence-electron chi connectivity index (χ3n) is 3.69. The number of hydrogen-bond donors (Lipinski definition) is 1. The van der Waals surface area contributed by atoms with E-state index in [0.29, 0.717) is 18.2 Å². The van der Waals surface area contributed by atoms with Gasteiger partial charge in [0.1, 0.15) is 11.9 Å². The average Bonchev–Trinajstić information content (AvgIpc) is 2.62. The molecule has 1 aromatic carbocycles. The maximum Gasteiger partial charge on any atom is 0.174 e. The smallest absolute Gasteiger partial charge is 0.174 e. The van der Waals surface area contributed by atoms with E-state index in [9.17, 15) is 5.26 Å². The minimum Gasteiger partial charge on any atom is -0.350 e. The minimum absolute atomic E-state index is 0.325. The lowest BCUT2D eigenvalue weighted by atomic mass is 10.2. The monoisotopic (exact) mass is 324 g/mol. The van der Waals surface area contributed by atoms with E-state index in [1.165, 1.54) is 0 Å². The van der Waals surface area contributed by atoms with Gasteiger partial charge in [-0.05, 0) is 24.4 Å². The lowest BCUT2D eigenvalue weighted by molar-refractivity contribution is 0.333. The van der Waals surface area contributed by atoms with Crippen molar-refractivity contribution < 1.29 is 0 Å². The van der Waals surface area contributed by atoms with E-state index in [1.54, 1.807) is 18.6 Å². The average molecular weight is 324 g/mol. The number of thiocarbonyl (C=S) groups is 1. The summed E-state index contributed by atoms with van der Waals surface area (Å²) in [6.45, 7) is 1.95. The van der Waals surface area contributed by atoms with Gasteiger partial charge in [-0.3, -0.25) is 4.98 Å². The van der Waals surface area contributed by atoms with E-state index >= 15 is 0 Å². The Bertz CT molecular complexity index is 700. The molecule has 1 fully saturated rings. The van der Waals surface area contributed by atoms with Crippen LogP contribution in [0.2, 0.25) is 0 Å². The molecule has 1 aromatic heterocycles. The highest BCUT2D eigenvalue weighted by atomic mass is 32.1. The minimum atomic E-state index is -0.325. The van der Waals surface area contributed by atoms with Crippen LogP contribution in [0.15, 0.2) is 48.9 Å². The maximum absolute atomic E-state index is 9.50. The Balaban J connectivity index is 1.68. The van der Waals surface area contributed by atoms with Crippen molar-refractivity contribution in [3.05, 3.63) is 48.9 Å². The van der Waals surface area contributed by atoms with Crippen molar-refractivity contribution in [1.82, 2.24) is 14.9 Å². The van der Waals surface area contributed by atoms with E-state index in [2.05, 4.69) is 26.3 Å². The largest absolute Gasteiger partial charge is 0.350 e. The summed E-state index contributed by atoms with van der Waals surface area (Å²) in [5.74, 6) is 0.786. The number of rotatable bonds is 2. The molecule has 3 rings (SSSR count). The van der Waals surface area contributed by atoms with Crippen LogP contribution >= 0.6 is 12.2 Å². The number of hydrogen-bond acceptors (Lipinski definition) is 5. The van der Waals surface area contributed by atoms with Crippen LogP contribution in [-0.4, -0.2) is 45.7 Å². The molecular formula is C16H16N6S. The van der Waals surface area contributed by atoms with Gasteiger partial charge < -0.3 is 15.1 Å². The van der Waals surface area contributed by atoms with Gasteiger partial charge in [0.25, 0.3) is 0 Å². The summed E-state index contributed by atoms with van der Waals surface area (Å²) in [5.41, 5.74) is 0.922. The van der Waals surface area contributed by atoms with Crippen molar-refractivity contribution in [2.45, 2.75) is 6.04 Å². The second kappa shape index (κ2) is 7.03. The van der Waals surface area contributed by atoms with Gasteiger partial charge in [-0.2, -0.15) is 5.26 Å². The van der Waals surface area contributed by atoms with Gasteiger partial charge in [-0.15, -0.1) is 0 Å². The standard InChI is InChI=1S/C16H16N6S/c17-10-14-12-21(15-11-18-6-7-19-15)8-9-22(14)16(23)20-13-4-2-1-3-5-13/h1-7,11,14H,8-9,12H2,(H,20,23). The number of anilines is 2. The molecule has 0 saturated carbocycles. The molecule has 0 spiro atoms. The summed E-state index contributed by atoms with van der Waals surface area (Å²) < 4.78 is 0. The van der Waals surface area contributed by atoms with Gasteiger partial charge in [0.2, 0.25) is 0 Å². The number of nitriles is 1. The highest BCUT2D eigenvalue weighted by molar-refractivity contribution is 7.80. The predicted octanol–water partition coefficient (Wildman–Crippen LogP) is 1.89. The van der Waals surface area contributed by atoms with Crippen LogP contribution in [-0.2, 0) is 0 Å². The Morgan fingerprint density at radius 2 is 2.09 bits per heavy atom. The SMILES string of the molecule is N#CC1CN(c2cnccn2)CCN1C(=S)Nc1ccccc1. The third-order valence-corrected chi connectivity index (χ3v) is 4.03. The lowest BCUT2D eigenvalue weighted by Gasteiger charge is -2.39. The number of para-hydroxylation sites is 1. The number of aromatic nitrogens is 2. The molecule has 1 atom stereocenters. The Kier molecular flexibility index (Phi) is 4.64. The van der Waals surface area contributed by atoms with Gasteiger partial charge in [0.05, 0.1) is 18.8 Å². The van der Waals surface area contributed by atoms with Crippen LogP contribution in [0.5, 0.6) is 0 Å². The molecule has 7 heteroatoms. The van der Waals surface area contributed by atoms with E-state index < -0.39 is 0 Å². The third kappa shape index (κ3) is 3.55. The molecule has 0 aliphatic carbocycles. The van der Waals surface area contributed by atoms with Gasteiger partial charge >= 0.3 is 0 Å². The zero-order chi connectivity index (χ0) is 16.1. The van der Waals surface area contributed by atoms with Crippen molar-refractivity contribution in [3.63, 3.8) is 0 Å². The van der Waals surface area contributed by atoms with Crippen molar-refractivity contribution >= 4 is 28.8 Å². The summed E-state index contributed by atoms with van der Waals surface area (Å²) in [6.07, 6.45) is 5.01. The highest BCUT2D eigenvalue weighted by Gasteiger charge is 2.29. The molecule has 0 bridgehead atoms. The first-order chi connectivity index (χ1) is 11.3. The molecule has 1 aliphatic heterocycles. The molecule has 1 N–H and O–H groups in total. The number of nitrogens with one attached hydrogen (secondary N) is 1. The molecule has 1 unspecified atom stereocenters. The first-order valence-electron chi connectivity index (χ1n) is 7.31. The molecule has 2 heterocycles. The van der Waals surface area contributed by atoms with E-state index in [4.69, 9.17) is 12.2 Å². The molecule has 116 valence electrons. The second-order valence-electron chi connectivity index (χ2n) is 5.14. The van der Waals surface area contributed by atoms with Crippen molar-refractivity contribution in [3.8, 4) is 6.07 Å². The summed E-state index contributed by atoms with van der Waals surface area (Å²) in [5, 5.41) is 13.3. The Morgan fingerprint density at radius 1 is 1.26 bits per heavy atom. The predicted molar refractivity (Wildman–Crippen MR) is 93.0 cm³/mol. The van der Waals surface area contributed by atoms with E-state index in [0.717, 1.165) is 18.1 Å². The van der Waals surface area contributed by atoms with Crippen LogP contribution in [0.3, 0.4) is 0 Å². The van der Waals surface area contributed by atoms with Gasteiger partial charge in [0, 0.05) is 31.2 Å². The number of nitrogens with zero attached hydrogens (tertiary/aromatic N) is 5. The quantitative estimate of drug-likeness (QED) is 0.846. The first kappa shape index (κ1) is 15.2. The molecule has 0 amide bonds. The number of piperazine rings is 1. The van der Waals surface area contributed by atoms with Crippen LogP contribution < -0.4 is 10.2 Å². The van der Waals surface area contributed by atoms with Gasteiger partial charge in [0.15, 0.2) is 5.11 Å². The fraction of sp³-hybridized carbons (Fsp3) is 0.250. The summed E-state index contributed by atoms with van der Waals surface area (Å²) in [6, 6.07) is 11.7. The van der Waals surface area contributed by atoms with Crippen LogP contribution in [0.4, 0.5) is 11.5 Å². The first-order valence-corrected chi connectivity index (χ1v) is 7.72. The van der Waals surface area contributed by atoms with E-state index in [1.807, 2.05) is 35.2 Å². The summed E-state index contributed by atoms with van der Waals surface area (Å²) in [4.78, 5) is 12.4. The second-order valence-corrected chi connectivity index (χ2v) is 5.53. The Labute approximate surface area is 140 Å². The summed E-state index contributed by atoms with van der Waals surface area (Å²) >= 11 is 5.47. The van der Waals surface area contributed by atoms with Crippen molar-refractivity contribution in [2.24, 2.45) is 0 Å².